The maximum atomic E-state index is 13.4. The molecule has 0 radical (unpaired) electrons. The SMILES string of the molecule is COc1cc(C)c([C@@H](C)NC(=O)[C@@H]2CC(c3cccc(F)c3)=NO2)cc1OC. The molecule has 2 aromatic carbocycles. The summed E-state index contributed by atoms with van der Waals surface area (Å²) in [5.41, 5.74) is 3.04. The molecule has 1 N–H and O–H groups in total. The molecule has 0 fully saturated rings. The van der Waals surface area contributed by atoms with Crippen molar-refractivity contribution in [1.29, 1.82) is 0 Å². The Morgan fingerprint density at radius 1 is 1.25 bits per heavy atom. The van der Waals surface area contributed by atoms with Gasteiger partial charge in [0.2, 0.25) is 6.10 Å². The van der Waals surface area contributed by atoms with E-state index in [4.69, 9.17) is 14.3 Å². The van der Waals surface area contributed by atoms with Gasteiger partial charge in [-0.3, -0.25) is 4.79 Å². The first-order valence-corrected chi connectivity index (χ1v) is 8.94. The van der Waals surface area contributed by atoms with Crippen molar-refractivity contribution in [2.45, 2.75) is 32.4 Å². The molecule has 2 aromatic rings. The minimum atomic E-state index is -0.749. The lowest BCUT2D eigenvalue weighted by atomic mass is 10.0. The summed E-state index contributed by atoms with van der Waals surface area (Å²) >= 11 is 0. The summed E-state index contributed by atoms with van der Waals surface area (Å²) in [7, 11) is 3.15. The Morgan fingerprint density at radius 2 is 1.96 bits per heavy atom. The van der Waals surface area contributed by atoms with E-state index in [1.807, 2.05) is 26.0 Å². The highest BCUT2D eigenvalue weighted by Gasteiger charge is 2.30. The Bertz CT molecular complexity index is 913. The number of amides is 1. The topological polar surface area (TPSA) is 69.2 Å². The molecule has 28 heavy (non-hydrogen) atoms. The van der Waals surface area contributed by atoms with Crippen LogP contribution in [0.3, 0.4) is 0 Å². The molecule has 148 valence electrons. The third kappa shape index (κ3) is 4.08. The first-order chi connectivity index (χ1) is 13.4. The molecule has 1 heterocycles. The average Bonchev–Trinajstić information content (AvgIpc) is 3.18. The number of nitrogens with zero attached hydrogens (tertiary/aromatic N) is 1. The summed E-state index contributed by atoms with van der Waals surface area (Å²) in [5.74, 6) is 0.593. The highest BCUT2D eigenvalue weighted by Crippen LogP contribution is 2.33. The normalized spacial score (nSPS) is 16.8. The van der Waals surface area contributed by atoms with Crippen molar-refractivity contribution in [3.05, 3.63) is 58.9 Å². The first-order valence-electron chi connectivity index (χ1n) is 8.94. The number of hydrogen-bond acceptors (Lipinski definition) is 5. The van der Waals surface area contributed by atoms with Crippen LogP contribution in [-0.2, 0) is 9.63 Å². The van der Waals surface area contributed by atoms with Crippen LogP contribution in [-0.4, -0.2) is 31.9 Å². The number of benzene rings is 2. The van der Waals surface area contributed by atoms with Crippen LogP contribution in [0.1, 0.15) is 36.1 Å². The molecule has 0 saturated heterocycles. The second-order valence-electron chi connectivity index (χ2n) is 6.64. The van der Waals surface area contributed by atoms with E-state index in [1.165, 1.54) is 12.1 Å². The van der Waals surface area contributed by atoms with Crippen LogP contribution in [0.25, 0.3) is 0 Å². The molecular weight excluding hydrogens is 363 g/mol. The van der Waals surface area contributed by atoms with E-state index in [9.17, 15) is 9.18 Å². The van der Waals surface area contributed by atoms with Crippen molar-refractivity contribution in [1.82, 2.24) is 5.32 Å². The predicted molar refractivity (Wildman–Crippen MR) is 103 cm³/mol. The Hall–Kier alpha value is -3.09. The number of methoxy groups -OCH3 is 2. The van der Waals surface area contributed by atoms with Crippen LogP contribution in [0.4, 0.5) is 4.39 Å². The van der Waals surface area contributed by atoms with E-state index >= 15 is 0 Å². The molecule has 6 nitrogen and oxygen atoms in total. The molecule has 0 unspecified atom stereocenters. The number of hydrogen-bond donors (Lipinski definition) is 1. The molecule has 0 aromatic heterocycles. The van der Waals surface area contributed by atoms with Gasteiger partial charge in [-0.1, -0.05) is 17.3 Å². The summed E-state index contributed by atoms with van der Waals surface area (Å²) in [5, 5.41) is 6.89. The Labute approximate surface area is 163 Å². The minimum Gasteiger partial charge on any atom is -0.493 e. The lowest BCUT2D eigenvalue weighted by Gasteiger charge is -2.20. The quantitative estimate of drug-likeness (QED) is 0.825. The molecule has 0 spiro atoms. The number of rotatable bonds is 6. The smallest absolute Gasteiger partial charge is 0.264 e. The second-order valence-corrected chi connectivity index (χ2v) is 6.64. The van der Waals surface area contributed by atoms with E-state index in [0.29, 0.717) is 22.8 Å². The zero-order chi connectivity index (χ0) is 20.3. The highest BCUT2D eigenvalue weighted by molar-refractivity contribution is 6.04. The number of aryl methyl sites for hydroxylation is 1. The molecule has 3 rings (SSSR count). The zero-order valence-corrected chi connectivity index (χ0v) is 16.3. The Morgan fingerprint density at radius 3 is 2.64 bits per heavy atom. The molecule has 0 saturated carbocycles. The molecule has 0 bridgehead atoms. The highest BCUT2D eigenvalue weighted by atomic mass is 19.1. The zero-order valence-electron chi connectivity index (χ0n) is 16.3. The van der Waals surface area contributed by atoms with Gasteiger partial charge in [0.05, 0.1) is 26.0 Å². The molecular formula is C21H23FN2O4. The van der Waals surface area contributed by atoms with Gasteiger partial charge in [-0.05, 0) is 49.2 Å². The van der Waals surface area contributed by atoms with E-state index in [0.717, 1.165) is 11.1 Å². The van der Waals surface area contributed by atoms with Crippen LogP contribution in [0.15, 0.2) is 41.6 Å². The fourth-order valence-corrected chi connectivity index (χ4v) is 3.20. The molecule has 1 amide bonds. The maximum absolute atomic E-state index is 13.4. The van der Waals surface area contributed by atoms with Crippen molar-refractivity contribution >= 4 is 11.6 Å². The summed E-state index contributed by atoms with van der Waals surface area (Å²) < 4.78 is 24.0. The third-order valence-corrected chi connectivity index (χ3v) is 4.72. The van der Waals surface area contributed by atoms with Crippen molar-refractivity contribution in [3.8, 4) is 11.5 Å². The van der Waals surface area contributed by atoms with Crippen molar-refractivity contribution < 1.29 is 23.5 Å². The van der Waals surface area contributed by atoms with Gasteiger partial charge >= 0.3 is 0 Å². The summed E-state index contributed by atoms with van der Waals surface area (Å²) in [6, 6.07) is 9.52. The van der Waals surface area contributed by atoms with Gasteiger partial charge in [-0.2, -0.15) is 0 Å². The average molecular weight is 386 g/mol. The molecule has 1 aliphatic heterocycles. The Balaban J connectivity index is 1.67. The summed E-state index contributed by atoms with van der Waals surface area (Å²) in [4.78, 5) is 17.9. The second kappa shape index (κ2) is 8.29. The standard InChI is InChI=1S/C21H23FN2O4/c1-12-8-18(26-3)19(27-4)10-16(12)13(2)23-21(25)20-11-17(24-28-20)14-6-5-7-15(22)9-14/h5-10,13,20H,11H2,1-4H3,(H,23,25)/t13-,20+/m1/s1. The first kappa shape index (κ1) is 19.7. The van der Waals surface area contributed by atoms with Crippen LogP contribution in [0, 0.1) is 12.7 Å². The molecule has 1 aliphatic rings. The molecule has 2 atom stereocenters. The van der Waals surface area contributed by atoms with Crippen LogP contribution >= 0.6 is 0 Å². The number of carbonyl (C=O) groups is 1. The monoisotopic (exact) mass is 386 g/mol. The van der Waals surface area contributed by atoms with Gasteiger partial charge in [-0.25, -0.2) is 4.39 Å². The Kier molecular flexibility index (Phi) is 5.82. The van der Waals surface area contributed by atoms with E-state index in [2.05, 4.69) is 10.5 Å². The number of oxime groups is 1. The predicted octanol–water partition coefficient (Wildman–Crippen LogP) is 3.52. The van der Waals surface area contributed by atoms with Crippen molar-refractivity contribution in [3.63, 3.8) is 0 Å². The fourth-order valence-electron chi connectivity index (χ4n) is 3.20. The van der Waals surface area contributed by atoms with Gasteiger partial charge in [0.1, 0.15) is 5.82 Å². The number of ether oxygens (including phenoxy) is 2. The van der Waals surface area contributed by atoms with Gasteiger partial charge in [-0.15, -0.1) is 0 Å². The number of halogens is 1. The van der Waals surface area contributed by atoms with Crippen LogP contribution in [0.2, 0.25) is 0 Å². The number of carbonyl (C=O) groups excluding carboxylic acids is 1. The molecule has 7 heteroatoms. The van der Waals surface area contributed by atoms with Crippen molar-refractivity contribution in [2.75, 3.05) is 14.2 Å². The van der Waals surface area contributed by atoms with Crippen LogP contribution in [0.5, 0.6) is 11.5 Å². The fraction of sp³-hybridized carbons (Fsp3) is 0.333. The number of nitrogens with one attached hydrogen (secondary N) is 1. The van der Waals surface area contributed by atoms with Gasteiger partial charge in [0.25, 0.3) is 5.91 Å². The lowest BCUT2D eigenvalue weighted by molar-refractivity contribution is -0.131. The van der Waals surface area contributed by atoms with Gasteiger partial charge in [0.15, 0.2) is 11.5 Å². The van der Waals surface area contributed by atoms with Crippen molar-refractivity contribution in [2.24, 2.45) is 5.16 Å². The third-order valence-electron chi connectivity index (χ3n) is 4.72. The van der Waals surface area contributed by atoms with E-state index in [-0.39, 0.29) is 24.2 Å². The summed E-state index contributed by atoms with van der Waals surface area (Å²) in [6.07, 6.45) is -0.464. The largest absolute Gasteiger partial charge is 0.493 e. The van der Waals surface area contributed by atoms with Gasteiger partial charge in [0, 0.05) is 12.0 Å². The van der Waals surface area contributed by atoms with E-state index in [1.54, 1.807) is 26.4 Å². The molecule has 0 aliphatic carbocycles. The van der Waals surface area contributed by atoms with Crippen LogP contribution < -0.4 is 14.8 Å². The lowest BCUT2D eigenvalue weighted by Crippen LogP contribution is -2.36. The maximum Gasteiger partial charge on any atom is 0.264 e. The minimum absolute atomic E-state index is 0.269. The van der Waals surface area contributed by atoms with E-state index < -0.39 is 6.10 Å². The van der Waals surface area contributed by atoms with Gasteiger partial charge < -0.3 is 19.6 Å². The summed E-state index contributed by atoms with van der Waals surface area (Å²) in [6.45, 7) is 3.83.